The molecule has 0 amide bonds. The number of aryl methyl sites for hydroxylation is 2. The highest BCUT2D eigenvalue weighted by molar-refractivity contribution is 5.82. The van der Waals surface area contributed by atoms with Crippen LogP contribution in [0.4, 0.5) is 0 Å². The van der Waals surface area contributed by atoms with Crippen molar-refractivity contribution in [3.05, 3.63) is 17.5 Å². The summed E-state index contributed by atoms with van der Waals surface area (Å²) in [6.07, 6.45) is 2.08. The molecule has 1 aromatic rings. The van der Waals surface area contributed by atoms with Crippen LogP contribution in [0.25, 0.3) is 0 Å². The van der Waals surface area contributed by atoms with Crippen molar-refractivity contribution < 1.29 is 5.21 Å². The van der Waals surface area contributed by atoms with Crippen molar-refractivity contribution in [2.75, 3.05) is 13.1 Å². The van der Waals surface area contributed by atoms with E-state index in [1.165, 1.54) is 5.69 Å². The molecular weight excluding hydrogens is 230 g/mol. The minimum Gasteiger partial charge on any atom is -0.409 e. The smallest absolute Gasteiger partial charge is 0.143 e. The lowest BCUT2D eigenvalue weighted by atomic mass is 9.97. The minimum atomic E-state index is 0.165. The maximum Gasteiger partial charge on any atom is 0.143 e. The summed E-state index contributed by atoms with van der Waals surface area (Å²) in [6, 6.07) is 2.10. The van der Waals surface area contributed by atoms with Crippen LogP contribution >= 0.6 is 0 Å². The highest BCUT2D eigenvalue weighted by Crippen LogP contribution is 2.18. The average Bonchev–Trinajstić information content (AvgIpc) is 2.67. The number of likely N-dealkylation sites (tertiary alicyclic amines) is 1. The zero-order valence-electron chi connectivity index (χ0n) is 11.0. The van der Waals surface area contributed by atoms with Crippen LogP contribution in [0.3, 0.4) is 0 Å². The van der Waals surface area contributed by atoms with Gasteiger partial charge in [0.25, 0.3) is 0 Å². The summed E-state index contributed by atoms with van der Waals surface area (Å²) in [5.41, 5.74) is 7.93. The van der Waals surface area contributed by atoms with Crippen LogP contribution in [0.15, 0.2) is 11.2 Å². The molecule has 1 atom stereocenters. The summed E-state index contributed by atoms with van der Waals surface area (Å²) >= 11 is 0. The van der Waals surface area contributed by atoms with Crippen LogP contribution < -0.4 is 5.73 Å². The fraction of sp³-hybridized carbons (Fsp3) is 0.667. The summed E-state index contributed by atoms with van der Waals surface area (Å²) in [5, 5.41) is 16.2. The Labute approximate surface area is 107 Å². The van der Waals surface area contributed by atoms with E-state index in [0.717, 1.165) is 38.2 Å². The first kappa shape index (κ1) is 12.9. The van der Waals surface area contributed by atoms with Crippen LogP contribution in [0.5, 0.6) is 0 Å². The largest absolute Gasteiger partial charge is 0.409 e. The number of rotatable bonds is 3. The summed E-state index contributed by atoms with van der Waals surface area (Å²) < 4.78 is 1.92. The van der Waals surface area contributed by atoms with E-state index in [9.17, 15) is 0 Å². The van der Waals surface area contributed by atoms with Gasteiger partial charge >= 0.3 is 0 Å². The van der Waals surface area contributed by atoms with Gasteiger partial charge in [-0.3, -0.25) is 9.58 Å². The van der Waals surface area contributed by atoms with Gasteiger partial charge in [-0.15, -0.1) is 0 Å². The van der Waals surface area contributed by atoms with Gasteiger partial charge in [-0.05, 0) is 32.4 Å². The molecule has 2 rings (SSSR count). The molecule has 1 saturated heterocycles. The Morgan fingerprint density at radius 2 is 2.44 bits per heavy atom. The van der Waals surface area contributed by atoms with Gasteiger partial charge in [0.15, 0.2) is 0 Å². The number of nitrogens with two attached hydrogens (primary N) is 1. The Morgan fingerprint density at radius 3 is 3.06 bits per heavy atom. The highest BCUT2D eigenvalue weighted by Gasteiger charge is 2.23. The summed E-state index contributed by atoms with van der Waals surface area (Å²) in [4.78, 5) is 2.34. The maximum atomic E-state index is 8.74. The number of hydrogen-bond acceptors (Lipinski definition) is 4. The van der Waals surface area contributed by atoms with Crippen molar-refractivity contribution in [1.29, 1.82) is 0 Å². The fourth-order valence-corrected chi connectivity index (χ4v) is 2.56. The standard InChI is InChI=1S/C12H21N5O/c1-9-6-11(16(2)14-9)8-17-5-3-4-10(7-17)12(13)15-18/h6,10,18H,3-5,7-8H2,1-2H3,(H2,13,15). The van der Waals surface area contributed by atoms with E-state index in [4.69, 9.17) is 10.9 Å². The van der Waals surface area contributed by atoms with Crippen molar-refractivity contribution in [2.24, 2.45) is 23.9 Å². The number of oxime groups is 1. The Kier molecular flexibility index (Phi) is 3.86. The molecule has 18 heavy (non-hydrogen) atoms. The number of nitrogens with zero attached hydrogens (tertiary/aromatic N) is 4. The first-order chi connectivity index (χ1) is 8.60. The minimum absolute atomic E-state index is 0.165. The fourth-order valence-electron chi connectivity index (χ4n) is 2.56. The molecule has 0 spiro atoms. The van der Waals surface area contributed by atoms with E-state index in [1.54, 1.807) is 0 Å². The van der Waals surface area contributed by atoms with Gasteiger partial charge in [0, 0.05) is 26.1 Å². The number of amidine groups is 1. The van der Waals surface area contributed by atoms with Crippen LogP contribution in [-0.2, 0) is 13.6 Å². The quantitative estimate of drug-likeness (QED) is 0.358. The Morgan fingerprint density at radius 1 is 1.67 bits per heavy atom. The lowest BCUT2D eigenvalue weighted by molar-refractivity contribution is 0.188. The predicted octanol–water partition coefficient (Wildman–Crippen LogP) is 0.687. The monoisotopic (exact) mass is 251 g/mol. The number of hydrogen-bond donors (Lipinski definition) is 2. The molecule has 6 heteroatoms. The molecule has 0 aromatic carbocycles. The molecule has 1 unspecified atom stereocenters. The molecule has 3 N–H and O–H groups in total. The Bertz CT molecular complexity index is 440. The molecule has 6 nitrogen and oxygen atoms in total. The molecular formula is C12H21N5O. The molecule has 1 aliphatic heterocycles. The molecule has 0 radical (unpaired) electrons. The molecule has 0 bridgehead atoms. The van der Waals surface area contributed by atoms with E-state index in [-0.39, 0.29) is 5.92 Å². The zero-order chi connectivity index (χ0) is 13.1. The Balaban J connectivity index is 1.99. The second-order valence-corrected chi connectivity index (χ2v) is 5.00. The Hall–Kier alpha value is -1.56. The second kappa shape index (κ2) is 5.39. The molecule has 1 aliphatic rings. The van der Waals surface area contributed by atoms with Crippen LogP contribution in [-0.4, -0.2) is 38.8 Å². The number of aromatic nitrogens is 2. The third-order valence-electron chi connectivity index (χ3n) is 3.52. The molecule has 0 saturated carbocycles. The van der Waals surface area contributed by atoms with E-state index in [0.29, 0.717) is 5.84 Å². The van der Waals surface area contributed by atoms with Crippen LogP contribution in [0, 0.1) is 12.8 Å². The summed E-state index contributed by atoms with van der Waals surface area (Å²) in [5.74, 6) is 0.513. The van der Waals surface area contributed by atoms with Gasteiger partial charge in [0.05, 0.1) is 11.4 Å². The van der Waals surface area contributed by atoms with Crippen molar-refractivity contribution in [2.45, 2.75) is 26.3 Å². The van der Waals surface area contributed by atoms with E-state index in [2.05, 4.69) is 21.2 Å². The zero-order valence-corrected chi connectivity index (χ0v) is 11.0. The lowest BCUT2D eigenvalue weighted by Crippen LogP contribution is -2.41. The predicted molar refractivity (Wildman–Crippen MR) is 69.4 cm³/mol. The molecule has 0 aliphatic carbocycles. The molecule has 100 valence electrons. The van der Waals surface area contributed by atoms with E-state index in [1.807, 2.05) is 18.7 Å². The van der Waals surface area contributed by atoms with Crippen molar-refractivity contribution >= 4 is 5.84 Å². The average molecular weight is 251 g/mol. The maximum absolute atomic E-state index is 8.74. The normalized spacial score (nSPS) is 22.3. The van der Waals surface area contributed by atoms with E-state index >= 15 is 0 Å². The lowest BCUT2D eigenvalue weighted by Gasteiger charge is -2.31. The van der Waals surface area contributed by atoms with Crippen LogP contribution in [0.1, 0.15) is 24.2 Å². The van der Waals surface area contributed by atoms with Crippen molar-refractivity contribution in [3.63, 3.8) is 0 Å². The highest BCUT2D eigenvalue weighted by atomic mass is 16.4. The van der Waals surface area contributed by atoms with Gasteiger partial charge in [0.1, 0.15) is 5.84 Å². The second-order valence-electron chi connectivity index (χ2n) is 5.00. The molecule has 1 aromatic heterocycles. The summed E-state index contributed by atoms with van der Waals surface area (Å²) in [7, 11) is 1.97. The van der Waals surface area contributed by atoms with Gasteiger partial charge in [-0.2, -0.15) is 5.10 Å². The van der Waals surface area contributed by atoms with Crippen molar-refractivity contribution in [1.82, 2.24) is 14.7 Å². The molecule has 1 fully saturated rings. The van der Waals surface area contributed by atoms with Gasteiger partial charge < -0.3 is 10.9 Å². The summed E-state index contributed by atoms with van der Waals surface area (Å²) in [6.45, 7) is 4.77. The van der Waals surface area contributed by atoms with Crippen molar-refractivity contribution in [3.8, 4) is 0 Å². The molecule has 2 heterocycles. The van der Waals surface area contributed by atoms with Gasteiger partial charge in [-0.25, -0.2) is 0 Å². The third kappa shape index (κ3) is 2.81. The van der Waals surface area contributed by atoms with Gasteiger partial charge in [0.2, 0.25) is 0 Å². The first-order valence-corrected chi connectivity index (χ1v) is 6.29. The topological polar surface area (TPSA) is 79.7 Å². The van der Waals surface area contributed by atoms with E-state index < -0.39 is 0 Å². The third-order valence-corrected chi connectivity index (χ3v) is 3.52. The number of piperidine rings is 1. The SMILES string of the molecule is Cc1cc(CN2CCCC(C(N)=NO)C2)n(C)n1. The van der Waals surface area contributed by atoms with Gasteiger partial charge in [-0.1, -0.05) is 5.16 Å². The first-order valence-electron chi connectivity index (χ1n) is 6.29. The van der Waals surface area contributed by atoms with Crippen LogP contribution in [0.2, 0.25) is 0 Å².